The Morgan fingerprint density at radius 2 is 2.15 bits per heavy atom. The molecule has 0 atom stereocenters. The highest BCUT2D eigenvalue weighted by molar-refractivity contribution is 6.29. The number of nitrogens with zero attached hydrogens (tertiary/aromatic N) is 3. The zero-order valence-corrected chi connectivity index (χ0v) is 11.1. The largest absolute Gasteiger partial charge is 0.320 e. The van der Waals surface area contributed by atoms with Gasteiger partial charge in [0.25, 0.3) is 11.6 Å². The predicted molar refractivity (Wildman–Crippen MR) is 72.8 cm³/mol. The highest BCUT2D eigenvalue weighted by atomic mass is 35.5. The van der Waals surface area contributed by atoms with Gasteiger partial charge in [0.1, 0.15) is 10.8 Å². The Morgan fingerprint density at radius 1 is 1.40 bits per heavy atom. The van der Waals surface area contributed by atoms with E-state index in [9.17, 15) is 14.9 Å². The average Bonchev–Trinajstić information content (AvgIpc) is 2.40. The van der Waals surface area contributed by atoms with E-state index >= 15 is 0 Å². The quantitative estimate of drug-likeness (QED) is 0.692. The van der Waals surface area contributed by atoms with Crippen LogP contribution in [0, 0.1) is 17.0 Å². The first kappa shape index (κ1) is 13.9. The zero-order chi connectivity index (χ0) is 14.7. The van der Waals surface area contributed by atoms with Crippen LogP contribution < -0.4 is 5.32 Å². The summed E-state index contributed by atoms with van der Waals surface area (Å²) in [6, 6.07) is 4.40. The molecular formula is C12H9ClN4O3. The minimum atomic E-state index is -0.543. The van der Waals surface area contributed by atoms with Crippen LogP contribution >= 0.6 is 11.6 Å². The molecule has 0 fully saturated rings. The van der Waals surface area contributed by atoms with Crippen LogP contribution in [0.2, 0.25) is 5.15 Å². The van der Waals surface area contributed by atoms with Crippen molar-refractivity contribution in [2.24, 2.45) is 0 Å². The van der Waals surface area contributed by atoms with Crippen molar-refractivity contribution in [3.63, 3.8) is 0 Å². The molecule has 1 N–H and O–H groups in total. The van der Waals surface area contributed by atoms with E-state index in [-0.39, 0.29) is 16.5 Å². The summed E-state index contributed by atoms with van der Waals surface area (Å²) in [5.41, 5.74) is 0.769. The van der Waals surface area contributed by atoms with Crippen LogP contribution in [0.25, 0.3) is 0 Å². The molecule has 8 heteroatoms. The van der Waals surface area contributed by atoms with E-state index in [0.717, 1.165) is 0 Å². The third kappa shape index (κ3) is 3.07. The monoisotopic (exact) mass is 292 g/mol. The van der Waals surface area contributed by atoms with Crippen LogP contribution in [0.5, 0.6) is 0 Å². The number of nitrogens with one attached hydrogen (secondary N) is 1. The third-order valence-electron chi connectivity index (χ3n) is 2.50. The molecule has 1 amide bonds. The van der Waals surface area contributed by atoms with Gasteiger partial charge < -0.3 is 5.32 Å². The van der Waals surface area contributed by atoms with Gasteiger partial charge in [-0.2, -0.15) is 0 Å². The summed E-state index contributed by atoms with van der Waals surface area (Å²) in [7, 11) is 0. The predicted octanol–water partition coefficient (Wildman–Crippen LogP) is 2.60. The molecule has 2 aromatic rings. The number of rotatable bonds is 3. The van der Waals surface area contributed by atoms with Crippen molar-refractivity contribution in [2.75, 3.05) is 5.32 Å². The van der Waals surface area contributed by atoms with Crippen LogP contribution in [0.15, 0.2) is 30.6 Å². The van der Waals surface area contributed by atoms with E-state index in [0.29, 0.717) is 11.3 Å². The lowest BCUT2D eigenvalue weighted by Gasteiger charge is -2.05. The minimum Gasteiger partial charge on any atom is -0.320 e. The summed E-state index contributed by atoms with van der Waals surface area (Å²) in [5.74, 6) is -0.543. The van der Waals surface area contributed by atoms with Gasteiger partial charge in [-0.1, -0.05) is 17.7 Å². The van der Waals surface area contributed by atoms with Crippen LogP contribution in [-0.4, -0.2) is 20.8 Å². The maximum absolute atomic E-state index is 11.9. The van der Waals surface area contributed by atoms with Crippen molar-refractivity contribution in [2.45, 2.75) is 6.92 Å². The van der Waals surface area contributed by atoms with Gasteiger partial charge >= 0.3 is 0 Å². The topological polar surface area (TPSA) is 98.0 Å². The number of aromatic nitrogens is 2. The number of hydrogen-bond acceptors (Lipinski definition) is 5. The van der Waals surface area contributed by atoms with Crippen molar-refractivity contribution in [3.8, 4) is 0 Å². The third-order valence-corrected chi connectivity index (χ3v) is 2.68. The van der Waals surface area contributed by atoms with Crippen molar-refractivity contribution in [1.82, 2.24) is 9.97 Å². The van der Waals surface area contributed by atoms with Crippen molar-refractivity contribution in [1.29, 1.82) is 0 Å². The molecule has 20 heavy (non-hydrogen) atoms. The highest BCUT2D eigenvalue weighted by Gasteiger charge is 2.14. The van der Waals surface area contributed by atoms with Crippen molar-refractivity contribution >= 4 is 28.9 Å². The fraction of sp³-hybridized carbons (Fsp3) is 0.0833. The molecule has 1 aromatic heterocycles. The number of anilines is 1. The van der Waals surface area contributed by atoms with Crippen LogP contribution in [0.3, 0.4) is 0 Å². The molecule has 0 saturated carbocycles. The fourth-order valence-electron chi connectivity index (χ4n) is 1.53. The summed E-state index contributed by atoms with van der Waals surface area (Å²) >= 11 is 5.64. The van der Waals surface area contributed by atoms with E-state index in [4.69, 9.17) is 11.6 Å². The maximum atomic E-state index is 11.9. The fourth-order valence-corrected chi connectivity index (χ4v) is 1.68. The smallest absolute Gasteiger partial charge is 0.275 e. The van der Waals surface area contributed by atoms with Gasteiger partial charge in [0.2, 0.25) is 0 Å². The summed E-state index contributed by atoms with van der Waals surface area (Å²) in [6.07, 6.45) is 2.55. The molecule has 0 unspecified atom stereocenters. The Morgan fingerprint density at radius 3 is 2.80 bits per heavy atom. The lowest BCUT2D eigenvalue weighted by atomic mass is 10.2. The molecule has 0 aliphatic heterocycles. The second-order valence-electron chi connectivity index (χ2n) is 3.94. The van der Waals surface area contributed by atoms with E-state index in [2.05, 4.69) is 15.3 Å². The molecule has 7 nitrogen and oxygen atoms in total. The molecule has 1 aromatic carbocycles. The number of nitro benzene ring substituents is 1. The molecule has 1 heterocycles. The number of nitro groups is 1. The van der Waals surface area contributed by atoms with Gasteiger partial charge in [0, 0.05) is 17.3 Å². The Hall–Kier alpha value is -2.54. The Labute approximate surface area is 118 Å². The van der Waals surface area contributed by atoms with Gasteiger partial charge in [-0.15, -0.1) is 0 Å². The summed E-state index contributed by atoms with van der Waals surface area (Å²) in [4.78, 5) is 29.8. The second kappa shape index (κ2) is 5.62. The Balaban J connectivity index is 2.24. The standard InChI is InChI=1S/C12H9ClN4O3/c1-7-2-3-8(4-10(7)17(19)20)15-12(18)9-5-14-6-11(13)16-9/h2-6H,1H3,(H,15,18). The summed E-state index contributed by atoms with van der Waals surface area (Å²) in [5, 5.41) is 13.4. The normalized spacial score (nSPS) is 10.1. The second-order valence-corrected chi connectivity index (χ2v) is 4.33. The molecule has 0 spiro atoms. The molecule has 0 aliphatic rings. The Bertz CT molecular complexity index is 690. The SMILES string of the molecule is Cc1ccc(NC(=O)c2cncc(Cl)n2)cc1[N+](=O)[O-]. The number of benzene rings is 1. The zero-order valence-electron chi connectivity index (χ0n) is 10.3. The van der Waals surface area contributed by atoms with E-state index in [1.165, 1.54) is 18.5 Å². The molecule has 0 radical (unpaired) electrons. The van der Waals surface area contributed by atoms with Crippen LogP contribution in [0.1, 0.15) is 16.1 Å². The molecule has 2 rings (SSSR count). The number of amides is 1. The first-order valence-electron chi connectivity index (χ1n) is 5.51. The molecule has 102 valence electrons. The molecule has 0 saturated heterocycles. The number of hydrogen-bond donors (Lipinski definition) is 1. The van der Waals surface area contributed by atoms with Gasteiger partial charge in [0.15, 0.2) is 0 Å². The van der Waals surface area contributed by atoms with Gasteiger partial charge in [-0.25, -0.2) is 4.98 Å². The summed E-state index contributed by atoms with van der Waals surface area (Å²) in [6.45, 7) is 1.62. The summed E-state index contributed by atoms with van der Waals surface area (Å²) < 4.78 is 0. The lowest BCUT2D eigenvalue weighted by molar-refractivity contribution is -0.385. The molecule has 0 aliphatic carbocycles. The first-order chi connectivity index (χ1) is 9.47. The van der Waals surface area contributed by atoms with Crippen LogP contribution in [-0.2, 0) is 0 Å². The molecule has 0 bridgehead atoms. The van der Waals surface area contributed by atoms with Gasteiger partial charge in [0.05, 0.1) is 17.3 Å². The number of carbonyl (C=O) groups is 1. The number of halogens is 1. The van der Waals surface area contributed by atoms with Gasteiger partial charge in [-0.05, 0) is 13.0 Å². The maximum Gasteiger partial charge on any atom is 0.275 e. The average molecular weight is 293 g/mol. The van der Waals surface area contributed by atoms with E-state index in [1.54, 1.807) is 19.1 Å². The minimum absolute atomic E-state index is 0.0285. The highest BCUT2D eigenvalue weighted by Crippen LogP contribution is 2.22. The number of aryl methyl sites for hydroxylation is 1. The molecular weight excluding hydrogens is 284 g/mol. The van der Waals surface area contributed by atoms with E-state index < -0.39 is 10.8 Å². The first-order valence-corrected chi connectivity index (χ1v) is 5.89. The lowest BCUT2D eigenvalue weighted by Crippen LogP contribution is -2.14. The van der Waals surface area contributed by atoms with E-state index in [1.807, 2.05) is 0 Å². The van der Waals surface area contributed by atoms with Gasteiger partial charge in [-0.3, -0.25) is 19.9 Å². The Kier molecular flexibility index (Phi) is 3.90. The van der Waals surface area contributed by atoms with Crippen molar-refractivity contribution < 1.29 is 9.72 Å². The number of carbonyl (C=O) groups excluding carboxylic acids is 1. The van der Waals surface area contributed by atoms with Crippen molar-refractivity contribution in [3.05, 3.63) is 57.1 Å². The van der Waals surface area contributed by atoms with Crippen LogP contribution in [0.4, 0.5) is 11.4 Å².